The summed E-state index contributed by atoms with van der Waals surface area (Å²) >= 11 is 0. The van der Waals surface area contributed by atoms with Crippen molar-refractivity contribution in [1.29, 1.82) is 0 Å². The molecule has 0 bridgehead atoms. The van der Waals surface area contributed by atoms with E-state index in [1.165, 1.54) is 0 Å². The zero-order chi connectivity index (χ0) is 24.8. The standard InChI is InChI=1S/C27H37N5O3/c1-20(2)17-26(33)32(18-21-5-6-21)19-27(34)31-14-4-13-30(15-16-31)25-12-11-24(28-29-25)22-7-9-23(35-3)10-8-22/h7-12,20-21H,4-6,13-19H2,1-3H3. The van der Waals surface area contributed by atoms with Crippen LogP contribution >= 0.6 is 0 Å². The zero-order valence-corrected chi connectivity index (χ0v) is 21.2. The number of benzene rings is 1. The van der Waals surface area contributed by atoms with E-state index in [0.29, 0.717) is 44.4 Å². The largest absolute Gasteiger partial charge is 0.497 e. The van der Waals surface area contributed by atoms with Crippen LogP contribution in [0, 0.1) is 11.8 Å². The molecule has 1 aromatic heterocycles. The maximum atomic E-state index is 13.1. The number of carbonyl (C=O) groups is 2. The zero-order valence-electron chi connectivity index (χ0n) is 21.2. The number of carbonyl (C=O) groups excluding carboxylic acids is 2. The van der Waals surface area contributed by atoms with Crippen LogP contribution in [-0.2, 0) is 9.59 Å². The Bertz CT molecular complexity index is 989. The van der Waals surface area contributed by atoms with Crippen LogP contribution in [0.5, 0.6) is 5.75 Å². The van der Waals surface area contributed by atoms with Gasteiger partial charge in [0.05, 0.1) is 19.3 Å². The lowest BCUT2D eigenvalue weighted by Gasteiger charge is -2.27. The number of hydrogen-bond acceptors (Lipinski definition) is 6. The van der Waals surface area contributed by atoms with Crippen molar-refractivity contribution in [3.8, 4) is 17.0 Å². The van der Waals surface area contributed by atoms with Gasteiger partial charge >= 0.3 is 0 Å². The molecule has 1 saturated heterocycles. The van der Waals surface area contributed by atoms with Crippen molar-refractivity contribution >= 4 is 17.6 Å². The van der Waals surface area contributed by atoms with Crippen molar-refractivity contribution in [3.63, 3.8) is 0 Å². The Kier molecular flexibility index (Phi) is 8.21. The quantitative estimate of drug-likeness (QED) is 0.548. The highest BCUT2D eigenvalue weighted by molar-refractivity contribution is 5.85. The third-order valence-corrected chi connectivity index (χ3v) is 6.65. The number of aromatic nitrogens is 2. The predicted octanol–water partition coefficient (Wildman–Crippen LogP) is 3.48. The summed E-state index contributed by atoms with van der Waals surface area (Å²) in [6, 6.07) is 11.7. The highest BCUT2D eigenvalue weighted by atomic mass is 16.5. The van der Waals surface area contributed by atoms with Crippen molar-refractivity contribution in [3.05, 3.63) is 36.4 Å². The minimum atomic E-state index is 0.0468. The van der Waals surface area contributed by atoms with E-state index >= 15 is 0 Å². The molecule has 2 heterocycles. The Hall–Kier alpha value is -3.16. The molecule has 35 heavy (non-hydrogen) atoms. The molecule has 8 nitrogen and oxygen atoms in total. The normalized spacial score (nSPS) is 16.2. The van der Waals surface area contributed by atoms with Gasteiger partial charge < -0.3 is 19.4 Å². The van der Waals surface area contributed by atoms with E-state index in [1.54, 1.807) is 12.0 Å². The first kappa shape index (κ1) is 24.9. The third kappa shape index (κ3) is 6.93. The van der Waals surface area contributed by atoms with E-state index < -0.39 is 0 Å². The fourth-order valence-corrected chi connectivity index (χ4v) is 4.41. The Labute approximate surface area is 208 Å². The van der Waals surface area contributed by atoms with Gasteiger partial charge in [-0.1, -0.05) is 13.8 Å². The fourth-order valence-electron chi connectivity index (χ4n) is 4.41. The summed E-state index contributed by atoms with van der Waals surface area (Å²) in [5.74, 6) is 2.64. The van der Waals surface area contributed by atoms with E-state index in [4.69, 9.17) is 4.74 Å². The molecule has 2 aromatic rings. The second-order valence-corrected chi connectivity index (χ2v) is 10.0. The van der Waals surface area contributed by atoms with Crippen molar-refractivity contribution in [1.82, 2.24) is 20.0 Å². The van der Waals surface area contributed by atoms with Gasteiger partial charge in [0.1, 0.15) is 5.75 Å². The predicted molar refractivity (Wildman–Crippen MR) is 136 cm³/mol. The molecule has 0 atom stereocenters. The van der Waals surface area contributed by atoms with E-state index in [9.17, 15) is 9.59 Å². The number of methoxy groups -OCH3 is 1. The van der Waals surface area contributed by atoms with Crippen molar-refractivity contribution < 1.29 is 14.3 Å². The van der Waals surface area contributed by atoms with Crippen LogP contribution in [0.3, 0.4) is 0 Å². The number of nitrogens with zero attached hydrogens (tertiary/aromatic N) is 5. The van der Waals surface area contributed by atoms with Crippen LogP contribution in [0.4, 0.5) is 5.82 Å². The fraction of sp³-hybridized carbons (Fsp3) is 0.556. The Morgan fingerprint density at radius 2 is 1.80 bits per heavy atom. The van der Waals surface area contributed by atoms with Crippen LogP contribution in [-0.4, -0.2) is 78.2 Å². The summed E-state index contributed by atoms with van der Waals surface area (Å²) in [6.07, 6.45) is 3.68. The van der Waals surface area contributed by atoms with Gasteiger partial charge in [0.25, 0.3) is 0 Å². The molecule has 1 aliphatic heterocycles. The first-order valence-electron chi connectivity index (χ1n) is 12.7. The summed E-state index contributed by atoms with van der Waals surface area (Å²) in [5, 5.41) is 8.88. The second kappa shape index (κ2) is 11.5. The molecule has 4 rings (SSSR count). The Morgan fingerprint density at radius 3 is 2.43 bits per heavy atom. The number of ether oxygens (including phenoxy) is 1. The summed E-state index contributed by atoms with van der Waals surface area (Å²) < 4.78 is 5.22. The summed E-state index contributed by atoms with van der Waals surface area (Å²) in [4.78, 5) is 31.7. The monoisotopic (exact) mass is 479 g/mol. The molecule has 0 N–H and O–H groups in total. The molecule has 188 valence electrons. The Balaban J connectivity index is 1.33. The molecule has 8 heteroatoms. The van der Waals surface area contributed by atoms with Gasteiger partial charge in [-0.05, 0) is 67.5 Å². The first-order chi connectivity index (χ1) is 16.9. The number of amides is 2. The molecule has 1 saturated carbocycles. The molecule has 1 aliphatic carbocycles. The summed E-state index contributed by atoms with van der Waals surface area (Å²) in [6.45, 7) is 7.84. The van der Waals surface area contributed by atoms with Crippen LogP contribution in [0.1, 0.15) is 39.5 Å². The van der Waals surface area contributed by atoms with Gasteiger partial charge in [-0.25, -0.2) is 0 Å². The van der Waals surface area contributed by atoms with Crippen LogP contribution in [0.15, 0.2) is 36.4 Å². The first-order valence-corrected chi connectivity index (χ1v) is 12.7. The van der Waals surface area contributed by atoms with Crippen LogP contribution < -0.4 is 9.64 Å². The lowest BCUT2D eigenvalue weighted by Crippen LogP contribution is -2.45. The summed E-state index contributed by atoms with van der Waals surface area (Å²) in [7, 11) is 1.65. The Morgan fingerprint density at radius 1 is 1.03 bits per heavy atom. The van der Waals surface area contributed by atoms with Crippen LogP contribution in [0.2, 0.25) is 0 Å². The molecule has 1 aromatic carbocycles. The highest BCUT2D eigenvalue weighted by Gasteiger charge is 2.30. The SMILES string of the molecule is COc1ccc(-c2ccc(N3CCCN(C(=O)CN(CC4CC4)C(=O)CC(C)C)CC3)nn2)cc1. The van der Waals surface area contributed by atoms with Crippen LogP contribution in [0.25, 0.3) is 11.3 Å². The lowest BCUT2D eigenvalue weighted by molar-refractivity contribution is -0.141. The molecular weight excluding hydrogens is 442 g/mol. The summed E-state index contributed by atoms with van der Waals surface area (Å²) in [5.41, 5.74) is 1.80. The number of rotatable bonds is 9. The topological polar surface area (TPSA) is 78.9 Å². The maximum absolute atomic E-state index is 13.1. The average molecular weight is 480 g/mol. The molecule has 0 spiro atoms. The third-order valence-electron chi connectivity index (χ3n) is 6.65. The molecular formula is C27H37N5O3. The van der Waals surface area contributed by atoms with Gasteiger partial charge in [0, 0.05) is 44.7 Å². The van der Waals surface area contributed by atoms with Gasteiger partial charge in [-0.3, -0.25) is 9.59 Å². The smallest absolute Gasteiger partial charge is 0.242 e. The van der Waals surface area contributed by atoms with Crippen molar-refractivity contribution in [2.24, 2.45) is 11.8 Å². The van der Waals surface area contributed by atoms with Gasteiger partial charge in [-0.2, -0.15) is 0 Å². The van der Waals surface area contributed by atoms with Gasteiger partial charge in [0.2, 0.25) is 11.8 Å². The van der Waals surface area contributed by atoms with Gasteiger partial charge in [0.15, 0.2) is 5.82 Å². The number of anilines is 1. The van der Waals surface area contributed by atoms with Crippen molar-refractivity contribution in [2.45, 2.75) is 39.5 Å². The van der Waals surface area contributed by atoms with Crippen molar-refractivity contribution in [2.75, 3.05) is 51.3 Å². The average Bonchev–Trinajstić information content (AvgIpc) is 3.70. The molecule has 0 unspecified atom stereocenters. The molecule has 0 radical (unpaired) electrons. The van der Waals surface area contributed by atoms with E-state index in [0.717, 1.165) is 48.6 Å². The maximum Gasteiger partial charge on any atom is 0.242 e. The molecule has 2 fully saturated rings. The van der Waals surface area contributed by atoms with E-state index in [1.807, 2.05) is 55.1 Å². The second-order valence-electron chi connectivity index (χ2n) is 10.0. The van der Waals surface area contributed by atoms with Gasteiger partial charge in [-0.15, -0.1) is 10.2 Å². The minimum absolute atomic E-state index is 0.0468. The number of hydrogen-bond donors (Lipinski definition) is 0. The van der Waals surface area contributed by atoms with E-state index in [2.05, 4.69) is 15.1 Å². The minimum Gasteiger partial charge on any atom is -0.497 e. The lowest BCUT2D eigenvalue weighted by atomic mass is 10.1. The molecule has 2 aliphatic rings. The highest BCUT2D eigenvalue weighted by Crippen LogP contribution is 2.30. The van der Waals surface area contributed by atoms with E-state index in [-0.39, 0.29) is 18.4 Å². The molecule has 2 amide bonds.